The molecule has 0 saturated heterocycles. The lowest BCUT2D eigenvalue weighted by Crippen LogP contribution is -2.00. The second-order valence-electron chi connectivity index (χ2n) is 5.95. The van der Waals surface area contributed by atoms with Gasteiger partial charge in [0.25, 0.3) is 0 Å². The maximum atomic E-state index is 13.1. The number of hydrogen-bond donors (Lipinski definition) is 2. The van der Waals surface area contributed by atoms with Gasteiger partial charge in [-0.25, -0.2) is 18.7 Å². The van der Waals surface area contributed by atoms with Crippen molar-refractivity contribution in [1.82, 2.24) is 19.4 Å². The van der Waals surface area contributed by atoms with Crippen molar-refractivity contribution in [3.63, 3.8) is 0 Å². The SMILES string of the molecule is On1c(C2=CC=C(F)CC2)cnc1SSc1ncc(-c2ccc(F)cc2)n1O. The molecule has 3 aromatic rings. The Kier molecular flexibility index (Phi) is 5.14. The molecule has 28 heavy (non-hydrogen) atoms. The highest BCUT2D eigenvalue weighted by molar-refractivity contribution is 8.76. The summed E-state index contributed by atoms with van der Waals surface area (Å²) in [5.74, 6) is -0.556. The standard InChI is InChI=1S/C18H14F2N4O2S2/c19-13-5-1-11(2-6-13)15-9-21-17(23(15)25)27-28-18-22-10-16(24(18)26)12-3-7-14(20)8-4-12/h1-3,5-7,9-10,25-26H,4,8H2. The van der Waals surface area contributed by atoms with Gasteiger partial charge < -0.3 is 10.4 Å². The van der Waals surface area contributed by atoms with Crippen molar-refractivity contribution in [3.8, 4) is 11.3 Å². The molecule has 10 heteroatoms. The Labute approximate surface area is 166 Å². The van der Waals surface area contributed by atoms with Crippen molar-refractivity contribution < 1.29 is 19.2 Å². The molecule has 1 aliphatic carbocycles. The molecule has 144 valence electrons. The molecule has 0 amide bonds. The van der Waals surface area contributed by atoms with Crippen molar-refractivity contribution >= 4 is 27.2 Å². The summed E-state index contributed by atoms with van der Waals surface area (Å²) in [6, 6.07) is 5.69. The van der Waals surface area contributed by atoms with Crippen LogP contribution in [0.15, 0.2) is 65.0 Å². The molecule has 0 atom stereocenters. The van der Waals surface area contributed by atoms with E-state index >= 15 is 0 Å². The summed E-state index contributed by atoms with van der Waals surface area (Å²) in [5.41, 5.74) is 2.31. The fraction of sp³-hybridized carbons (Fsp3) is 0.111. The first kappa shape index (κ1) is 18.6. The molecule has 1 aliphatic rings. The Bertz CT molecular complexity index is 1070. The highest BCUT2D eigenvalue weighted by Crippen LogP contribution is 2.38. The molecule has 0 radical (unpaired) electrons. The van der Waals surface area contributed by atoms with Gasteiger partial charge in [0.1, 0.15) is 23.0 Å². The largest absolute Gasteiger partial charge is 0.426 e. The van der Waals surface area contributed by atoms with Gasteiger partial charge in [0.2, 0.25) is 10.3 Å². The van der Waals surface area contributed by atoms with Crippen LogP contribution in [-0.4, -0.2) is 29.8 Å². The van der Waals surface area contributed by atoms with E-state index in [0.29, 0.717) is 34.9 Å². The summed E-state index contributed by atoms with van der Waals surface area (Å²) in [7, 11) is 2.21. The number of halogens is 2. The van der Waals surface area contributed by atoms with Crippen LogP contribution in [0.4, 0.5) is 8.78 Å². The van der Waals surface area contributed by atoms with Crippen molar-refractivity contribution in [2.45, 2.75) is 23.2 Å². The highest BCUT2D eigenvalue weighted by Gasteiger charge is 2.18. The molecule has 0 saturated carbocycles. The van der Waals surface area contributed by atoms with Crippen LogP contribution in [-0.2, 0) is 0 Å². The Hall–Kier alpha value is -2.72. The maximum Gasteiger partial charge on any atom is 0.214 e. The van der Waals surface area contributed by atoms with Crippen LogP contribution < -0.4 is 0 Å². The van der Waals surface area contributed by atoms with Crippen LogP contribution in [0, 0.1) is 5.82 Å². The molecule has 4 rings (SSSR count). The van der Waals surface area contributed by atoms with Gasteiger partial charge in [-0.15, -0.1) is 0 Å². The number of nitrogens with zero attached hydrogens (tertiary/aromatic N) is 4. The maximum absolute atomic E-state index is 13.1. The highest BCUT2D eigenvalue weighted by atomic mass is 33.1. The number of allylic oxidation sites excluding steroid dienone is 4. The van der Waals surface area contributed by atoms with E-state index in [1.807, 2.05) is 0 Å². The molecule has 2 N–H and O–H groups in total. The topological polar surface area (TPSA) is 76.1 Å². The van der Waals surface area contributed by atoms with E-state index in [1.165, 1.54) is 30.6 Å². The van der Waals surface area contributed by atoms with E-state index in [4.69, 9.17) is 0 Å². The van der Waals surface area contributed by atoms with Gasteiger partial charge in [-0.2, -0.15) is 9.46 Å². The number of hydrogen-bond acceptors (Lipinski definition) is 6. The molecule has 2 aromatic heterocycles. The normalized spacial score (nSPS) is 14.1. The minimum atomic E-state index is -0.366. The van der Waals surface area contributed by atoms with Crippen LogP contribution in [0.25, 0.3) is 16.8 Å². The van der Waals surface area contributed by atoms with Gasteiger partial charge >= 0.3 is 0 Å². The first-order chi connectivity index (χ1) is 13.5. The number of rotatable bonds is 5. The zero-order chi connectivity index (χ0) is 19.7. The molecule has 6 nitrogen and oxygen atoms in total. The van der Waals surface area contributed by atoms with Crippen molar-refractivity contribution in [3.05, 3.63) is 66.1 Å². The molecule has 0 aliphatic heterocycles. The number of benzene rings is 1. The van der Waals surface area contributed by atoms with Crippen LogP contribution in [0.2, 0.25) is 0 Å². The molecule has 0 fully saturated rings. The van der Waals surface area contributed by atoms with E-state index in [-0.39, 0.29) is 16.8 Å². The van der Waals surface area contributed by atoms with E-state index in [2.05, 4.69) is 9.97 Å². The third kappa shape index (κ3) is 3.65. The van der Waals surface area contributed by atoms with Gasteiger partial charge in [-0.3, -0.25) is 0 Å². The zero-order valence-corrected chi connectivity index (χ0v) is 15.9. The first-order valence-corrected chi connectivity index (χ1v) is 10.4. The van der Waals surface area contributed by atoms with Crippen molar-refractivity contribution in [2.24, 2.45) is 0 Å². The lowest BCUT2D eigenvalue weighted by atomic mass is 10.0. The lowest BCUT2D eigenvalue weighted by molar-refractivity contribution is 0.157. The molecular weight excluding hydrogens is 406 g/mol. The molecular formula is C18H14F2N4O2S2. The third-order valence-electron chi connectivity index (χ3n) is 4.17. The smallest absolute Gasteiger partial charge is 0.214 e. The quantitative estimate of drug-likeness (QED) is 0.437. The predicted octanol–water partition coefficient (Wildman–Crippen LogP) is 5.19. The minimum Gasteiger partial charge on any atom is -0.426 e. The van der Waals surface area contributed by atoms with Crippen molar-refractivity contribution in [1.29, 1.82) is 0 Å². The average Bonchev–Trinajstić information content (AvgIpc) is 3.24. The summed E-state index contributed by atoms with van der Waals surface area (Å²) >= 11 is 0. The van der Waals surface area contributed by atoms with Gasteiger partial charge in [0, 0.05) is 12.0 Å². The summed E-state index contributed by atoms with van der Waals surface area (Å²) < 4.78 is 28.0. The molecule has 0 bridgehead atoms. The Morgan fingerprint density at radius 1 is 0.821 bits per heavy atom. The molecule has 0 unspecified atom stereocenters. The Morgan fingerprint density at radius 3 is 2.04 bits per heavy atom. The summed E-state index contributed by atoms with van der Waals surface area (Å²) in [4.78, 5) is 8.31. The third-order valence-corrected chi connectivity index (χ3v) is 6.25. The van der Waals surface area contributed by atoms with Crippen LogP contribution in [0.5, 0.6) is 0 Å². The number of aromatic nitrogens is 4. The fourth-order valence-corrected chi connectivity index (χ4v) is 4.51. The van der Waals surface area contributed by atoms with E-state index in [1.54, 1.807) is 18.2 Å². The summed E-state index contributed by atoms with van der Waals surface area (Å²) in [6.07, 6.45) is 6.77. The van der Waals surface area contributed by atoms with E-state index in [9.17, 15) is 19.2 Å². The van der Waals surface area contributed by atoms with Crippen LogP contribution in [0.1, 0.15) is 18.5 Å². The first-order valence-electron chi connectivity index (χ1n) is 8.23. The monoisotopic (exact) mass is 420 g/mol. The summed E-state index contributed by atoms with van der Waals surface area (Å²) in [5, 5.41) is 21.2. The predicted molar refractivity (Wildman–Crippen MR) is 102 cm³/mol. The Balaban J connectivity index is 1.49. The second kappa shape index (κ2) is 7.72. The lowest BCUT2D eigenvalue weighted by Gasteiger charge is -2.10. The second-order valence-corrected chi connectivity index (χ2v) is 8.02. The fourth-order valence-electron chi connectivity index (χ4n) is 2.71. The zero-order valence-electron chi connectivity index (χ0n) is 14.3. The van der Waals surface area contributed by atoms with Crippen LogP contribution in [0.3, 0.4) is 0 Å². The molecule has 0 spiro atoms. The molecule has 2 heterocycles. The number of imidazole rings is 2. The van der Waals surface area contributed by atoms with E-state index < -0.39 is 0 Å². The van der Waals surface area contributed by atoms with Gasteiger partial charge in [0.05, 0.1) is 12.4 Å². The minimum absolute atomic E-state index is 0.190. The molecule has 1 aromatic carbocycles. The van der Waals surface area contributed by atoms with Gasteiger partial charge in [-0.05, 0) is 63.9 Å². The average molecular weight is 420 g/mol. The van der Waals surface area contributed by atoms with Crippen molar-refractivity contribution in [2.75, 3.05) is 0 Å². The van der Waals surface area contributed by atoms with Crippen LogP contribution >= 0.6 is 21.6 Å². The Morgan fingerprint density at radius 2 is 1.43 bits per heavy atom. The van der Waals surface area contributed by atoms with E-state index in [0.717, 1.165) is 36.6 Å². The summed E-state index contributed by atoms with van der Waals surface area (Å²) in [6.45, 7) is 0. The van der Waals surface area contributed by atoms with Gasteiger partial charge in [0.15, 0.2) is 0 Å². The van der Waals surface area contributed by atoms with Gasteiger partial charge in [-0.1, -0.05) is 6.08 Å².